The van der Waals surface area contributed by atoms with Crippen molar-refractivity contribution in [2.45, 2.75) is 13.8 Å². The molecule has 3 amide bonds. The van der Waals surface area contributed by atoms with Crippen molar-refractivity contribution in [3.05, 3.63) is 101 Å². The molecule has 2 heterocycles. The average Bonchev–Trinajstić information content (AvgIpc) is 3.37. The summed E-state index contributed by atoms with van der Waals surface area (Å²) in [6.45, 7) is 7.01. The molecule has 0 bridgehead atoms. The zero-order valence-electron chi connectivity index (χ0n) is 24.0. The number of primary amides is 1. The highest BCUT2D eigenvalue weighted by atomic mass is 16.2. The maximum atomic E-state index is 13.3. The van der Waals surface area contributed by atoms with Crippen LogP contribution in [-0.4, -0.2) is 65.7 Å². The number of amides is 3. The first-order chi connectivity index (χ1) is 20.2. The molecule has 0 unspecified atom stereocenters. The standard InChI is InChI=1S/C34H33N5O3/c1-20-7-9-22(10-8-20)33(41)37-28-6-4-5-24(21(28)2)25-13-14-27(32(35)40)31-30(25)26-12-11-23(19-29(26)36-31)34(42)39-17-15-38(3)16-18-39/h4-14,19,36H,15-18H2,1-3H3,(H2,35,40)(H,37,41). The van der Waals surface area contributed by atoms with Gasteiger partial charge < -0.3 is 25.8 Å². The molecule has 4 aromatic carbocycles. The van der Waals surface area contributed by atoms with Crippen molar-refractivity contribution in [2.75, 3.05) is 38.5 Å². The summed E-state index contributed by atoms with van der Waals surface area (Å²) in [5, 5.41) is 4.77. The Balaban J connectivity index is 1.43. The molecule has 6 rings (SSSR count). The van der Waals surface area contributed by atoms with Crippen molar-refractivity contribution in [1.82, 2.24) is 14.8 Å². The van der Waals surface area contributed by atoms with Gasteiger partial charge in [0.1, 0.15) is 0 Å². The Morgan fingerprint density at radius 3 is 2.26 bits per heavy atom. The van der Waals surface area contributed by atoms with Crippen LogP contribution in [0.3, 0.4) is 0 Å². The molecule has 5 aromatic rings. The number of H-pyrrole nitrogens is 1. The highest BCUT2D eigenvalue weighted by Crippen LogP contribution is 2.39. The van der Waals surface area contributed by atoms with Crippen molar-refractivity contribution in [1.29, 1.82) is 0 Å². The number of fused-ring (bicyclic) bond motifs is 3. The van der Waals surface area contributed by atoms with Crippen LogP contribution in [0.2, 0.25) is 0 Å². The molecular formula is C34H33N5O3. The van der Waals surface area contributed by atoms with Gasteiger partial charge in [0.05, 0.1) is 11.1 Å². The molecule has 8 heteroatoms. The average molecular weight is 560 g/mol. The Morgan fingerprint density at radius 1 is 0.833 bits per heavy atom. The number of aryl methyl sites for hydroxylation is 1. The van der Waals surface area contributed by atoms with Crippen molar-refractivity contribution in [2.24, 2.45) is 5.73 Å². The Morgan fingerprint density at radius 2 is 1.55 bits per heavy atom. The van der Waals surface area contributed by atoms with Crippen LogP contribution < -0.4 is 11.1 Å². The predicted molar refractivity (Wildman–Crippen MR) is 167 cm³/mol. The van der Waals surface area contributed by atoms with E-state index in [4.69, 9.17) is 5.73 Å². The van der Waals surface area contributed by atoms with E-state index in [2.05, 4.69) is 22.2 Å². The smallest absolute Gasteiger partial charge is 0.255 e. The van der Waals surface area contributed by atoms with Gasteiger partial charge in [-0.25, -0.2) is 0 Å². The number of piperazine rings is 1. The number of hydrogen-bond donors (Lipinski definition) is 3. The largest absolute Gasteiger partial charge is 0.366 e. The maximum Gasteiger partial charge on any atom is 0.255 e. The van der Waals surface area contributed by atoms with E-state index in [0.29, 0.717) is 41.0 Å². The maximum absolute atomic E-state index is 13.3. The number of carbonyl (C=O) groups is 3. The molecule has 1 aliphatic heterocycles. The van der Waals surface area contributed by atoms with Crippen molar-refractivity contribution < 1.29 is 14.4 Å². The number of carbonyl (C=O) groups excluding carboxylic acids is 3. The van der Waals surface area contributed by atoms with E-state index in [9.17, 15) is 14.4 Å². The van der Waals surface area contributed by atoms with Crippen molar-refractivity contribution in [3.8, 4) is 11.1 Å². The molecule has 1 aromatic heterocycles. The van der Waals surface area contributed by atoms with Gasteiger partial charge in [0.2, 0.25) is 0 Å². The molecule has 8 nitrogen and oxygen atoms in total. The third kappa shape index (κ3) is 4.90. The molecule has 1 saturated heterocycles. The number of rotatable bonds is 5. The predicted octanol–water partition coefficient (Wildman–Crippen LogP) is 5.34. The summed E-state index contributed by atoms with van der Waals surface area (Å²) < 4.78 is 0. The fraction of sp³-hybridized carbons (Fsp3) is 0.206. The number of benzene rings is 4. The minimum atomic E-state index is -0.539. The molecule has 1 aliphatic rings. The molecule has 42 heavy (non-hydrogen) atoms. The summed E-state index contributed by atoms with van der Waals surface area (Å²) in [5.41, 5.74) is 13.2. The van der Waals surface area contributed by atoms with E-state index in [0.717, 1.165) is 51.6 Å². The van der Waals surface area contributed by atoms with Crippen LogP contribution in [0.5, 0.6) is 0 Å². The van der Waals surface area contributed by atoms with E-state index in [-0.39, 0.29) is 11.8 Å². The fourth-order valence-corrected chi connectivity index (χ4v) is 5.73. The van der Waals surface area contributed by atoms with Crippen LogP contribution in [-0.2, 0) is 0 Å². The summed E-state index contributed by atoms with van der Waals surface area (Å²) in [5.74, 6) is -0.733. The second-order valence-corrected chi connectivity index (χ2v) is 11.1. The van der Waals surface area contributed by atoms with Crippen LogP contribution >= 0.6 is 0 Å². The second-order valence-electron chi connectivity index (χ2n) is 11.1. The summed E-state index contributed by atoms with van der Waals surface area (Å²) >= 11 is 0. The van der Waals surface area contributed by atoms with Crippen LogP contribution in [0.1, 0.15) is 42.2 Å². The number of likely N-dealkylation sites (N-methyl/N-ethyl adjacent to an activating group) is 1. The third-order valence-electron chi connectivity index (χ3n) is 8.24. The summed E-state index contributed by atoms with van der Waals surface area (Å²) in [6, 6.07) is 22.5. The van der Waals surface area contributed by atoms with Gasteiger partial charge in [-0.2, -0.15) is 0 Å². The van der Waals surface area contributed by atoms with Gasteiger partial charge >= 0.3 is 0 Å². The van der Waals surface area contributed by atoms with E-state index >= 15 is 0 Å². The number of hydrogen-bond acceptors (Lipinski definition) is 4. The number of nitrogens with two attached hydrogens (primary N) is 1. The van der Waals surface area contributed by atoms with Crippen LogP contribution in [0.15, 0.2) is 72.8 Å². The molecule has 0 radical (unpaired) electrons. The topological polar surface area (TPSA) is 112 Å². The van der Waals surface area contributed by atoms with E-state index in [1.807, 2.05) is 85.5 Å². The van der Waals surface area contributed by atoms with Crippen molar-refractivity contribution >= 4 is 45.2 Å². The number of aromatic nitrogens is 1. The van der Waals surface area contributed by atoms with Gasteiger partial charge in [-0.05, 0) is 74.0 Å². The third-order valence-corrected chi connectivity index (χ3v) is 8.24. The summed E-state index contributed by atoms with van der Waals surface area (Å²) in [7, 11) is 2.06. The van der Waals surface area contributed by atoms with E-state index in [1.165, 1.54) is 0 Å². The Labute approximate surface area is 244 Å². The van der Waals surface area contributed by atoms with Gasteiger partial charge in [-0.3, -0.25) is 14.4 Å². The number of nitrogens with one attached hydrogen (secondary N) is 2. The number of anilines is 1. The fourth-order valence-electron chi connectivity index (χ4n) is 5.73. The molecule has 0 atom stereocenters. The minimum absolute atomic E-state index is 0.00753. The van der Waals surface area contributed by atoms with Crippen LogP contribution in [0.4, 0.5) is 5.69 Å². The highest BCUT2D eigenvalue weighted by Gasteiger charge is 2.23. The number of nitrogens with zero attached hydrogens (tertiary/aromatic N) is 2. The van der Waals surface area contributed by atoms with Gasteiger partial charge in [0.25, 0.3) is 17.7 Å². The lowest BCUT2D eigenvalue weighted by atomic mass is 9.93. The van der Waals surface area contributed by atoms with Gasteiger partial charge in [-0.15, -0.1) is 0 Å². The first-order valence-corrected chi connectivity index (χ1v) is 14.1. The van der Waals surface area contributed by atoms with Crippen LogP contribution in [0, 0.1) is 13.8 Å². The lowest BCUT2D eigenvalue weighted by Crippen LogP contribution is -2.47. The monoisotopic (exact) mass is 559 g/mol. The Bertz CT molecular complexity index is 1860. The SMILES string of the molecule is Cc1ccc(C(=O)Nc2cccc(-c3ccc(C(N)=O)c4[nH]c5cc(C(=O)N6CCN(C)CC6)ccc5c34)c2C)cc1. The second kappa shape index (κ2) is 10.8. The molecule has 0 aliphatic carbocycles. The number of aromatic amines is 1. The van der Waals surface area contributed by atoms with Gasteiger partial charge in [-0.1, -0.05) is 42.0 Å². The zero-order valence-corrected chi connectivity index (χ0v) is 24.0. The normalized spacial score (nSPS) is 13.9. The first-order valence-electron chi connectivity index (χ1n) is 14.1. The summed E-state index contributed by atoms with van der Waals surface area (Å²) in [6.07, 6.45) is 0. The minimum Gasteiger partial charge on any atom is -0.366 e. The molecule has 0 saturated carbocycles. The summed E-state index contributed by atoms with van der Waals surface area (Å²) in [4.78, 5) is 46.2. The van der Waals surface area contributed by atoms with E-state index in [1.54, 1.807) is 6.07 Å². The lowest BCUT2D eigenvalue weighted by Gasteiger charge is -2.32. The van der Waals surface area contributed by atoms with Crippen LogP contribution in [0.25, 0.3) is 32.9 Å². The molecule has 4 N–H and O–H groups in total. The highest BCUT2D eigenvalue weighted by molar-refractivity contribution is 6.20. The Hall–Kier alpha value is -4.95. The molecule has 0 spiro atoms. The van der Waals surface area contributed by atoms with Gasteiger partial charge in [0, 0.05) is 59.3 Å². The van der Waals surface area contributed by atoms with E-state index < -0.39 is 5.91 Å². The Kier molecular flexibility index (Phi) is 7.00. The molecule has 1 fully saturated rings. The van der Waals surface area contributed by atoms with Gasteiger partial charge in [0.15, 0.2) is 0 Å². The van der Waals surface area contributed by atoms with Crippen molar-refractivity contribution in [3.63, 3.8) is 0 Å². The molecule has 212 valence electrons. The lowest BCUT2D eigenvalue weighted by molar-refractivity contribution is 0.0664. The molecular weight excluding hydrogens is 526 g/mol. The zero-order chi connectivity index (χ0) is 29.5. The quantitative estimate of drug-likeness (QED) is 0.270. The first kappa shape index (κ1) is 27.2.